The van der Waals surface area contributed by atoms with Crippen LogP contribution in [0.15, 0.2) is 40.7 Å². The van der Waals surface area contributed by atoms with E-state index >= 15 is 0 Å². The van der Waals surface area contributed by atoms with Gasteiger partial charge in [0.2, 0.25) is 0 Å². The zero-order valence-electron chi connectivity index (χ0n) is 17.0. The van der Waals surface area contributed by atoms with E-state index in [1.54, 1.807) is 0 Å². The van der Waals surface area contributed by atoms with Crippen molar-refractivity contribution in [3.63, 3.8) is 0 Å². The first kappa shape index (κ1) is 22.6. The van der Waals surface area contributed by atoms with Crippen molar-refractivity contribution in [3.8, 4) is 0 Å². The number of nitrogens with zero attached hydrogens (tertiary/aromatic N) is 2. The number of rotatable bonds is 7. The van der Waals surface area contributed by atoms with Gasteiger partial charge >= 0.3 is 6.18 Å². The van der Waals surface area contributed by atoms with Gasteiger partial charge in [0.15, 0.2) is 11.7 Å². The molecule has 0 aliphatic carbocycles. The fourth-order valence-corrected chi connectivity index (χ4v) is 4.31. The zero-order chi connectivity index (χ0) is 21.5. The summed E-state index contributed by atoms with van der Waals surface area (Å²) in [6.45, 7) is 5.17. The fraction of sp³-hybridized carbons (Fsp3) is 0.524. The van der Waals surface area contributed by atoms with Crippen LogP contribution < -0.4 is 10.6 Å². The number of aliphatic imine (C=N–C) groups is 1. The predicted octanol–water partition coefficient (Wildman–Crippen LogP) is 4.01. The van der Waals surface area contributed by atoms with Gasteiger partial charge in [0.1, 0.15) is 0 Å². The summed E-state index contributed by atoms with van der Waals surface area (Å²) < 4.78 is 43.7. The van der Waals surface area contributed by atoms with Gasteiger partial charge in [-0.3, -0.25) is 4.99 Å². The van der Waals surface area contributed by atoms with Crippen molar-refractivity contribution in [2.45, 2.75) is 37.8 Å². The molecule has 0 bridgehead atoms. The van der Waals surface area contributed by atoms with Crippen LogP contribution in [0.25, 0.3) is 0 Å². The largest absolute Gasteiger partial charge is 0.434 e. The molecule has 9 heteroatoms. The fourth-order valence-electron chi connectivity index (χ4n) is 3.51. The normalized spacial score (nSPS) is 17.0. The SMILES string of the molecule is CCNC(=NCC1(c2ccccc2)CCOCC1)NCCc1nc(C(F)(F)F)cs1. The number of thiazole rings is 1. The quantitative estimate of drug-likeness (QED) is 0.505. The molecular weight excluding hydrogens is 413 g/mol. The molecular formula is C21H27F3N4OS. The molecule has 0 amide bonds. The summed E-state index contributed by atoms with van der Waals surface area (Å²) in [5.74, 6) is 0.659. The van der Waals surface area contributed by atoms with Crippen molar-refractivity contribution in [2.75, 3.05) is 32.8 Å². The molecule has 0 radical (unpaired) electrons. The monoisotopic (exact) mass is 440 g/mol. The van der Waals surface area contributed by atoms with E-state index < -0.39 is 11.9 Å². The van der Waals surface area contributed by atoms with Crippen LogP contribution in [0.3, 0.4) is 0 Å². The van der Waals surface area contributed by atoms with E-state index in [0.717, 1.165) is 29.6 Å². The second-order valence-corrected chi connectivity index (χ2v) is 8.20. The zero-order valence-corrected chi connectivity index (χ0v) is 17.8. The van der Waals surface area contributed by atoms with Crippen LogP contribution in [0.4, 0.5) is 13.2 Å². The Morgan fingerprint density at radius 1 is 1.20 bits per heavy atom. The molecule has 2 aromatic rings. The number of benzene rings is 1. The summed E-state index contributed by atoms with van der Waals surface area (Å²) in [4.78, 5) is 8.48. The molecule has 1 fully saturated rings. The third-order valence-corrected chi connectivity index (χ3v) is 6.10. The molecule has 3 rings (SSSR count). The number of guanidine groups is 1. The maximum atomic E-state index is 12.7. The molecule has 1 aromatic heterocycles. The van der Waals surface area contributed by atoms with Crippen LogP contribution in [0.5, 0.6) is 0 Å². The van der Waals surface area contributed by atoms with E-state index in [0.29, 0.717) is 50.2 Å². The van der Waals surface area contributed by atoms with Crippen LogP contribution >= 0.6 is 11.3 Å². The molecule has 0 atom stereocenters. The number of aromatic nitrogens is 1. The molecule has 164 valence electrons. The Bertz CT molecular complexity index is 817. The molecule has 2 heterocycles. The van der Waals surface area contributed by atoms with Crippen LogP contribution in [0.1, 0.15) is 36.0 Å². The first-order valence-corrected chi connectivity index (χ1v) is 11.0. The Kier molecular flexibility index (Phi) is 7.71. The highest BCUT2D eigenvalue weighted by Gasteiger charge is 2.35. The Labute approximate surface area is 178 Å². The average molecular weight is 441 g/mol. The standard InChI is InChI=1S/C21H27F3N4OS/c1-2-25-19(26-11-8-18-28-17(14-30-18)21(22,23)24)27-15-20(9-12-29-13-10-20)16-6-4-3-5-7-16/h3-7,14H,2,8-13,15H2,1H3,(H2,25,26,27). The minimum absolute atomic E-state index is 0.0707. The molecule has 0 spiro atoms. The smallest absolute Gasteiger partial charge is 0.381 e. The van der Waals surface area contributed by atoms with Crippen LogP contribution in [-0.2, 0) is 22.7 Å². The summed E-state index contributed by atoms with van der Waals surface area (Å²) in [7, 11) is 0. The summed E-state index contributed by atoms with van der Waals surface area (Å²) in [5.41, 5.74) is 0.362. The average Bonchev–Trinajstić information content (AvgIpc) is 3.23. The van der Waals surface area contributed by atoms with Crippen molar-refractivity contribution in [2.24, 2.45) is 4.99 Å². The second-order valence-electron chi connectivity index (χ2n) is 7.25. The van der Waals surface area contributed by atoms with E-state index in [4.69, 9.17) is 9.73 Å². The van der Waals surface area contributed by atoms with Gasteiger partial charge in [0.05, 0.1) is 11.6 Å². The van der Waals surface area contributed by atoms with Crippen LogP contribution in [0, 0.1) is 0 Å². The van der Waals surface area contributed by atoms with Gasteiger partial charge in [0.25, 0.3) is 0 Å². The van der Waals surface area contributed by atoms with Crippen molar-refractivity contribution in [3.05, 3.63) is 52.0 Å². The van der Waals surface area contributed by atoms with E-state index in [9.17, 15) is 13.2 Å². The maximum Gasteiger partial charge on any atom is 0.434 e. The Morgan fingerprint density at radius 3 is 2.57 bits per heavy atom. The maximum absolute atomic E-state index is 12.7. The molecule has 2 N–H and O–H groups in total. The van der Waals surface area contributed by atoms with E-state index in [2.05, 4.69) is 27.8 Å². The molecule has 0 saturated carbocycles. The third kappa shape index (κ3) is 5.95. The number of ether oxygens (including phenoxy) is 1. The Morgan fingerprint density at radius 2 is 1.93 bits per heavy atom. The molecule has 0 unspecified atom stereocenters. The van der Waals surface area contributed by atoms with E-state index in [1.165, 1.54) is 5.56 Å². The van der Waals surface area contributed by atoms with Gasteiger partial charge in [-0.1, -0.05) is 30.3 Å². The molecule has 1 aliphatic heterocycles. The van der Waals surface area contributed by atoms with E-state index in [1.807, 2.05) is 25.1 Å². The van der Waals surface area contributed by atoms with Gasteiger partial charge in [-0.2, -0.15) is 13.2 Å². The minimum Gasteiger partial charge on any atom is -0.381 e. The first-order valence-electron chi connectivity index (χ1n) is 10.1. The molecule has 5 nitrogen and oxygen atoms in total. The van der Waals surface area contributed by atoms with E-state index in [-0.39, 0.29) is 5.41 Å². The number of alkyl halides is 3. The predicted molar refractivity (Wildman–Crippen MR) is 113 cm³/mol. The second kappa shape index (κ2) is 10.3. The highest BCUT2D eigenvalue weighted by molar-refractivity contribution is 7.09. The number of nitrogens with one attached hydrogen (secondary N) is 2. The van der Waals surface area contributed by atoms with Gasteiger partial charge in [-0.15, -0.1) is 11.3 Å². The van der Waals surface area contributed by atoms with Gasteiger partial charge < -0.3 is 15.4 Å². The van der Waals surface area contributed by atoms with Crippen molar-refractivity contribution in [1.29, 1.82) is 0 Å². The molecule has 30 heavy (non-hydrogen) atoms. The van der Waals surface area contributed by atoms with Gasteiger partial charge in [-0.25, -0.2) is 4.98 Å². The minimum atomic E-state index is -4.39. The highest BCUT2D eigenvalue weighted by Crippen LogP contribution is 2.35. The lowest BCUT2D eigenvalue weighted by Crippen LogP contribution is -2.41. The summed E-state index contributed by atoms with van der Waals surface area (Å²) in [5, 5.41) is 7.95. The van der Waals surface area contributed by atoms with Crippen molar-refractivity contribution >= 4 is 17.3 Å². The van der Waals surface area contributed by atoms with Crippen LogP contribution in [-0.4, -0.2) is 43.8 Å². The lowest BCUT2D eigenvalue weighted by molar-refractivity contribution is -0.140. The summed E-state index contributed by atoms with van der Waals surface area (Å²) in [6.07, 6.45) is -2.19. The lowest BCUT2D eigenvalue weighted by atomic mass is 9.74. The van der Waals surface area contributed by atoms with Gasteiger partial charge in [0, 0.05) is 43.5 Å². The molecule has 1 aliphatic rings. The highest BCUT2D eigenvalue weighted by atomic mass is 32.1. The van der Waals surface area contributed by atoms with Crippen LogP contribution in [0.2, 0.25) is 0 Å². The van der Waals surface area contributed by atoms with Crippen molar-refractivity contribution < 1.29 is 17.9 Å². The number of hydrogen-bond acceptors (Lipinski definition) is 4. The lowest BCUT2D eigenvalue weighted by Gasteiger charge is -2.36. The number of halogens is 3. The van der Waals surface area contributed by atoms with Gasteiger partial charge in [-0.05, 0) is 25.3 Å². The van der Waals surface area contributed by atoms with Crippen molar-refractivity contribution in [1.82, 2.24) is 15.6 Å². The Balaban J connectivity index is 1.63. The molecule has 1 saturated heterocycles. The molecule has 1 aromatic carbocycles. The first-order chi connectivity index (χ1) is 14.4. The topological polar surface area (TPSA) is 58.5 Å². The summed E-state index contributed by atoms with van der Waals surface area (Å²) in [6, 6.07) is 10.4. The number of hydrogen-bond donors (Lipinski definition) is 2. The Hall–Kier alpha value is -2.13. The summed E-state index contributed by atoms with van der Waals surface area (Å²) >= 11 is 1.03. The third-order valence-electron chi connectivity index (χ3n) is 5.19.